The highest BCUT2D eigenvalue weighted by Crippen LogP contribution is 2.29. The summed E-state index contributed by atoms with van der Waals surface area (Å²) in [5.74, 6) is 0.890. The summed E-state index contributed by atoms with van der Waals surface area (Å²) in [7, 11) is 2.94. The average Bonchev–Trinajstić information content (AvgIpc) is 2.56. The Morgan fingerprint density at radius 2 is 1.71 bits per heavy atom. The molecule has 0 aliphatic rings. The van der Waals surface area contributed by atoms with E-state index in [0.717, 1.165) is 5.56 Å². The number of anilines is 2. The Kier molecular flexibility index (Phi) is 5.20. The van der Waals surface area contributed by atoms with Crippen LogP contribution in [0.5, 0.6) is 11.5 Å². The van der Waals surface area contributed by atoms with Crippen LogP contribution in [0.25, 0.3) is 0 Å². The zero-order valence-corrected chi connectivity index (χ0v) is 13.5. The molecule has 0 unspecified atom stereocenters. The molecule has 0 fully saturated rings. The maximum atomic E-state index is 12.1. The minimum atomic E-state index is -0.535. The highest BCUT2D eigenvalue weighted by Gasteiger charge is 2.14. The largest absolute Gasteiger partial charge is 0.497 e. The quantitative estimate of drug-likeness (QED) is 0.644. The number of carbonyl (C=O) groups excluding carboxylic acids is 1. The van der Waals surface area contributed by atoms with Gasteiger partial charge in [0.15, 0.2) is 0 Å². The summed E-state index contributed by atoms with van der Waals surface area (Å²) in [6.45, 7) is 1.84. The predicted octanol–water partition coefficient (Wildman–Crippen LogP) is 3.56. The van der Waals surface area contributed by atoms with Crippen molar-refractivity contribution >= 4 is 23.1 Å². The van der Waals surface area contributed by atoms with Crippen molar-refractivity contribution in [1.29, 1.82) is 0 Å². The lowest BCUT2D eigenvalue weighted by molar-refractivity contribution is -0.384. The number of amides is 2. The second-order valence-electron chi connectivity index (χ2n) is 4.90. The number of benzene rings is 2. The van der Waals surface area contributed by atoms with Gasteiger partial charge in [0.1, 0.15) is 11.5 Å². The van der Waals surface area contributed by atoms with Gasteiger partial charge in [0.25, 0.3) is 5.69 Å². The average molecular weight is 331 g/mol. The van der Waals surface area contributed by atoms with Gasteiger partial charge in [-0.15, -0.1) is 0 Å². The molecule has 8 heteroatoms. The maximum Gasteiger partial charge on any atom is 0.323 e. The first kappa shape index (κ1) is 17.1. The molecule has 0 heterocycles. The number of nitro benzene ring substituents is 1. The molecule has 0 saturated carbocycles. The summed E-state index contributed by atoms with van der Waals surface area (Å²) < 4.78 is 10.2. The molecule has 126 valence electrons. The van der Waals surface area contributed by atoms with Crippen LogP contribution in [0.1, 0.15) is 5.56 Å². The zero-order valence-electron chi connectivity index (χ0n) is 13.5. The number of carbonyl (C=O) groups is 1. The van der Waals surface area contributed by atoms with Crippen molar-refractivity contribution in [2.45, 2.75) is 6.92 Å². The lowest BCUT2D eigenvalue weighted by Gasteiger charge is -2.13. The lowest BCUT2D eigenvalue weighted by Crippen LogP contribution is -2.20. The third kappa shape index (κ3) is 3.92. The minimum Gasteiger partial charge on any atom is -0.497 e. The molecule has 2 aromatic carbocycles. The van der Waals surface area contributed by atoms with Crippen LogP contribution in [0, 0.1) is 17.0 Å². The number of nitrogens with zero attached hydrogens (tertiary/aromatic N) is 1. The second-order valence-corrected chi connectivity index (χ2v) is 4.90. The molecule has 0 radical (unpaired) electrons. The molecule has 2 aromatic rings. The van der Waals surface area contributed by atoms with Crippen LogP contribution in [0.3, 0.4) is 0 Å². The van der Waals surface area contributed by atoms with E-state index < -0.39 is 11.0 Å². The number of methoxy groups -OCH3 is 2. The molecule has 0 bridgehead atoms. The summed E-state index contributed by atoms with van der Waals surface area (Å²) in [6.07, 6.45) is 0. The van der Waals surface area contributed by atoms with Gasteiger partial charge in [-0.2, -0.15) is 0 Å². The van der Waals surface area contributed by atoms with Crippen molar-refractivity contribution in [1.82, 2.24) is 0 Å². The van der Waals surface area contributed by atoms with Gasteiger partial charge in [-0.25, -0.2) is 4.79 Å². The Hall–Kier alpha value is -3.29. The number of nitrogens with one attached hydrogen (secondary N) is 2. The number of urea groups is 1. The van der Waals surface area contributed by atoms with Crippen LogP contribution in [-0.2, 0) is 0 Å². The van der Waals surface area contributed by atoms with Gasteiger partial charge in [-0.05, 0) is 36.8 Å². The predicted molar refractivity (Wildman–Crippen MR) is 90.0 cm³/mol. The SMILES string of the molecule is COc1ccc(NC(=O)Nc2ccc([N+](=O)[O-])cc2OC)c(C)c1. The van der Waals surface area contributed by atoms with E-state index in [1.165, 1.54) is 25.3 Å². The number of rotatable bonds is 5. The van der Waals surface area contributed by atoms with Gasteiger partial charge >= 0.3 is 6.03 Å². The lowest BCUT2D eigenvalue weighted by atomic mass is 10.2. The molecule has 0 spiro atoms. The standard InChI is InChI=1S/C16H17N3O5/c1-10-8-12(23-2)5-7-13(10)17-16(20)18-14-6-4-11(19(21)22)9-15(14)24-3/h4-9H,1-3H3,(H2,17,18,20). The molecule has 24 heavy (non-hydrogen) atoms. The van der Waals surface area contributed by atoms with Crippen molar-refractivity contribution in [2.75, 3.05) is 24.9 Å². The van der Waals surface area contributed by atoms with E-state index >= 15 is 0 Å². The highest BCUT2D eigenvalue weighted by molar-refractivity contribution is 6.01. The van der Waals surface area contributed by atoms with Gasteiger partial charge in [0.05, 0.1) is 30.9 Å². The Labute approximate surface area is 138 Å². The third-order valence-corrected chi connectivity index (χ3v) is 3.33. The Morgan fingerprint density at radius 1 is 1.04 bits per heavy atom. The molecule has 8 nitrogen and oxygen atoms in total. The van der Waals surface area contributed by atoms with Crippen molar-refractivity contribution in [3.8, 4) is 11.5 Å². The summed E-state index contributed by atoms with van der Waals surface area (Å²) in [5.41, 5.74) is 1.66. The first-order valence-corrected chi connectivity index (χ1v) is 6.99. The number of hydrogen-bond donors (Lipinski definition) is 2. The normalized spacial score (nSPS) is 9.96. The minimum absolute atomic E-state index is 0.121. The van der Waals surface area contributed by atoms with Crippen molar-refractivity contribution in [2.24, 2.45) is 0 Å². The summed E-state index contributed by atoms with van der Waals surface area (Å²) in [4.78, 5) is 22.4. The highest BCUT2D eigenvalue weighted by atomic mass is 16.6. The van der Waals surface area contributed by atoms with Crippen LogP contribution in [-0.4, -0.2) is 25.2 Å². The first-order valence-electron chi connectivity index (χ1n) is 6.99. The Bertz CT molecular complexity index is 776. The molecule has 2 N–H and O–H groups in total. The number of nitro groups is 1. The third-order valence-electron chi connectivity index (χ3n) is 3.33. The van der Waals surface area contributed by atoms with Crippen LogP contribution < -0.4 is 20.1 Å². The van der Waals surface area contributed by atoms with Crippen LogP contribution >= 0.6 is 0 Å². The maximum absolute atomic E-state index is 12.1. The van der Waals surface area contributed by atoms with E-state index in [4.69, 9.17) is 9.47 Å². The molecule has 0 saturated heterocycles. The monoisotopic (exact) mass is 331 g/mol. The number of hydrogen-bond acceptors (Lipinski definition) is 5. The smallest absolute Gasteiger partial charge is 0.323 e. The molecular weight excluding hydrogens is 314 g/mol. The second kappa shape index (κ2) is 7.32. The fourth-order valence-electron chi connectivity index (χ4n) is 2.08. The number of ether oxygens (including phenoxy) is 2. The molecule has 0 aromatic heterocycles. The van der Waals surface area contributed by atoms with Crippen LogP contribution in [0.15, 0.2) is 36.4 Å². The van der Waals surface area contributed by atoms with Gasteiger partial charge in [-0.1, -0.05) is 0 Å². The fourth-order valence-corrected chi connectivity index (χ4v) is 2.08. The van der Waals surface area contributed by atoms with Crippen molar-refractivity contribution in [3.63, 3.8) is 0 Å². The molecule has 0 aliphatic carbocycles. The van der Waals surface area contributed by atoms with E-state index in [0.29, 0.717) is 17.1 Å². The van der Waals surface area contributed by atoms with E-state index in [-0.39, 0.29) is 11.4 Å². The number of non-ortho nitro benzene ring substituents is 1. The van der Waals surface area contributed by atoms with Gasteiger partial charge in [0.2, 0.25) is 0 Å². The molecule has 2 rings (SSSR count). The molecule has 0 atom stereocenters. The summed E-state index contributed by atoms with van der Waals surface area (Å²) in [5, 5.41) is 16.1. The fraction of sp³-hybridized carbons (Fsp3) is 0.188. The number of aryl methyl sites for hydroxylation is 1. The van der Waals surface area contributed by atoms with Crippen LogP contribution in [0.4, 0.5) is 21.9 Å². The van der Waals surface area contributed by atoms with E-state index in [9.17, 15) is 14.9 Å². The first-order chi connectivity index (χ1) is 11.4. The van der Waals surface area contributed by atoms with E-state index in [1.54, 1.807) is 25.3 Å². The van der Waals surface area contributed by atoms with E-state index in [1.807, 2.05) is 6.92 Å². The topological polar surface area (TPSA) is 103 Å². The molecular formula is C16H17N3O5. The summed E-state index contributed by atoms with van der Waals surface area (Å²) >= 11 is 0. The van der Waals surface area contributed by atoms with Crippen molar-refractivity contribution in [3.05, 3.63) is 52.1 Å². The van der Waals surface area contributed by atoms with E-state index in [2.05, 4.69) is 10.6 Å². The van der Waals surface area contributed by atoms with Gasteiger partial charge in [-0.3, -0.25) is 10.1 Å². The molecule has 0 aliphatic heterocycles. The van der Waals surface area contributed by atoms with Crippen LogP contribution in [0.2, 0.25) is 0 Å². The Morgan fingerprint density at radius 3 is 2.29 bits per heavy atom. The van der Waals surface area contributed by atoms with Gasteiger partial charge < -0.3 is 20.1 Å². The summed E-state index contributed by atoms with van der Waals surface area (Å²) in [6, 6.07) is 8.70. The van der Waals surface area contributed by atoms with Gasteiger partial charge in [0, 0.05) is 11.8 Å². The van der Waals surface area contributed by atoms with Crippen molar-refractivity contribution < 1.29 is 19.2 Å². The zero-order chi connectivity index (χ0) is 17.7. The Balaban J connectivity index is 2.13. The molecule has 2 amide bonds.